The first kappa shape index (κ1) is 17.8. The van der Waals surface area contributed by atoms with Gasteiger partial charge in [0.1, 0.15) is 0 Å². The van der Waals surface area contributed by atoms with Crippen LogP contribution in [0.15, 0.2) is 24.3 Å². The van der Waals surface area contributed by atoms with Crippen molar-refractivity contribution in [2.24, 2.45) is 5.92 Å². The minimum Gasteiger partial charge on any atom is -0.449 e. The Morgan fingerprint density at radius 1 is 1.13 bits per heavy atom. The zero-order valence-corrected chi connectivity index (χ0v) is 14.6. The van der Waals surface area contributed by atoms with Crippen molar-refractivity contribution in [2.45, 2.75) is 71.1 Å². The summed E-state index contributed by atoms with van der Waals surface area (Å²) < 4.78 is 5.12. The topological polar surface area (TPSA) is 38.3 Å². The van der Waals surface area contributed by atoms with Crippen molar-refractivity contribution < 1.29 is 9.53 Å². The van der Waals surface area contributed by atoms with Gasteiger partial charge in [-0.05, 0) is 55.2 Å². The lowest BCUT2D eigenvalue weighted by molar-refractivity contribution is 0.160. The smallest absolute Gasteiger partial charge is 0.411 e. The molecule has 1 aromatic carbocycles. The molecule has 1 aliphatic carbocycles. The molecule has 0 saturated heterocycles. The van der Waals surface area contributed by atoms with Crippen molar-refractivity contribution >= 4 is 11.8 Å². The Bertz CT molecular complexity index is 469. The second-order valence-corrected chi connectivity index (χ2v) is 6.72. The Kier molecular flexibility index (Phi) is 7.44. The lowest BCUT2D eigenvalue weighted by Crippen LogP contribution is -2.14. The molecule has 0 spiro atoms. The lowest BCUT2D eigenvalue weighted by Gasteiger charge is -2.16. The third-order valence-corrected chi connectivity index (χ3v) is 5.03. The third kappa shape index (κ3) is 5.89. The van der Waals surface area contributed by atoms with Gasteiger partial charge < -0.3 is 4.74 Å². The van der Waals surface area contributed by atoms with Gasteiger partial charge in [-0.25, -0.2) is 4.79 Å². The first-order valence-corrected chi connectivity index (χ1v) is 9.26. The number of benzene rings is 1. The highest BCUT2D eigenvalue weighted by molar-refractivity contribution is 5.84. The molecule has 0 aromatic heterocycles. The Hall–Kier alpha value is -1.51. The fourth-order valence-corrected chi connectivity index (χ4v) is 3.42. The normalized spacial score (nSPS) is 21.5. The summed E-state index contributed by atoms with van der Waals surface area (Å²) in [6.07, 6.45) is 9.57. The summed E-state index contributed by atoms with van der Waals surface area (Å²) in [6, 6.07) is 8.33. The van der Waals surface area contributed by atoms with Crippen LogP contribution in [-0.4, -0.2) is 12.7 Å². The van der Waals surface area contributed by atoms with Crippen molar-refractivity contribution in [1.82, 2.24) is 0 Å². The van der Waals surface area contributed by atoms with E-state index in [2.05, 4.69) is 31.3 Å². The number of nitrogens with one attached hydrogen (secondary N) is 1. The molecule has 3 heteroatoms. The number of amides is 1. The highest BCUT2D eigenvalue weighted by Gasteiger charge is 2.19. The number of anilines is 1. The highest BCUT2D eigenvalue weighted by atomic mass is 16.5. The van der Waals surface area contributed by atoms with Crippen LogP contribution < -0.4 is 5.32 Å². The Balaban J connectivity index is 1.85. The van der Waals surface area contributed by atoms with E-state index in [4.69, 9.17) is 4.74 Å². The molecule has 128 valence electrons. The van der Waals surface area contributed by atoms with Gasteiger partial charge >= 0.3 is 6.09 Å². The van der Waals surface area contributed by atoms with E-state index in [1.165, 1.54) is 44.1 Å². The average molecular weight is 317 g/mol. The third-order valence-electron chi connectivity index (χ3n) is 5.03. The molecule has 0 aliphatic heterocycles. The van der Waals surface area contributed by atoms with Crippen molar-refractivity contribution in [3.05, 3.63) is 29.8 Å². The van der Waals surface area contributed by atoms with E-state index in [9.17, 15) is 4.79 Å². The van der Waals surface area contributed by atoms with Gasteiger partial charge in [0.15, 0.2) is 0 Å². The van der Waals surface area contributed by atoms with E-state index in [1.54, 1.807) is 0 Å². The van der Waals surface area contributed by atoms with Crippen LogP contribution in [0.25, 0.3) is 0 Å². The summed E-state index contributed by atoms with van der Waals surface area (Å²) in [5, 5.41) is 2.80. The molecule has 0 bridgehead atoms. The van der Waals surface area contributed by atoms with E-state index in [1.807, 2.05) is 12.1 Å². The predicted molar refractivity (Wildman–Crippen MR) is 95.9 cm³/mol. The minimum atomic E-state index is -0.355. The molecular weight excluding hydrogens is 286 g/mol. The molecule has 23 heavy (non-hydrogen) atoms. The zero-order valence-electron chi connectivity index (χ0n) is 14.6. The van der Waals surface area contributed by atoms with Gasteiger partial charge in [0, 0.05) is 5.69 Å². The molecule has 1 amide bonds. The number of unbranched alkanes of at least 4 members (excludes halogenated alkanes) is 1. The summed E-state index contributed by atoms with van der Waals surface area (Å²) in [5.74, 6) is 1.59. The van der Waals surface area contributed by atoms with E-state index in [0.717, 1.165) is 24.4 Å². The SMILES string of the molecule is CCCCOC(=O)Nc1ccc(C2CCCC(CC)CC2)cc1. The quantitative estimate of drug-likeness (QED) is 0.508. The Morgan fingerprint density at radius 3 is 2.61 bits per heavy atom. The molecule has 3 nitrogen and oxygen atoms in total. The molecule has 0 radical (unpaired) electrons. The van der Waals surface area contributed by atoms with Crippen molar-refractivity contribution in [2.75, 3.05) is 11.9 Å². The van der Waals surface area contributed by atoms with E-state index >= 15 is 0 Å². The van der Waals surface area contributed by atoms with Crippen molar-refractivity contribution in [3.63, 3.8) is 0 Å². The summed E-state index contributed by atoms with van der Waals surface area (Å²) >= 11 is 0. The van der Waals surface area contributed by atoms with Crippen LogP contribution in [0.2, 0.25) is 0 Å². The summed E-state index contributed by atoms with van der Waals surface area (Å²) in [4.78, 5) is 11.7. The molecule has 1 aromatic rings. The van der Waals surface area contributed by atoms with Crippen molar-refractivity contribution in [3.8, 4) is 0 Å². The molecular formula is C20H31NO2. The molecule has 0 heterocycles. The first-order valence-electron chi connectivity index (χ1n) is 9.26. The Morgan fingerprint density at radius 2 is 1.91 bits per heavy atom. The minimum absolute atomic E-state index is 0.355. The second-order valence-electron chi connectivity index (χ2n) is 6.72. The maximum atomic E-state index is 11.7. The van der Waals surface area contributed by atoms with Crippen LogP contribution in [0.3, 0.4) is 0 Å². The maximum Gasteiger partial charge on any atom is 0.411 e. The van der Waals surface area contributed by atoms with Crippen LogP contribution in [0.5, 0.6) is 0 Å². The van der Waals surface area contributed by atoms with Gasteiger partial charge in [-0.15, -0.1) is 0 Å². The summed E-state index contributed by atoms with van der Waals surface area (Å²) in [7, 11) is 0. The van der Waals surface area contributed by atoms with Crippen LogP contribution in [0.4, 0.5) is 10.5 Å². The summed E-state index contributed by atoms with van der Waals surface area (Å²) in [6.45, 7) is 4.88. The van der Waals surface area contributed by atoms with Crippen molar-refractivity contribution in [1.29, 1.82) is 0 Å². The number of hydrogen-bond acceptors (Lipinski definition) is 2. The number of ether oxygens (including phenoxy) is 1. The monoisotopic (exact) mass is 317 g/mol. The zero-order chi connectivity index (χ0) is 16.5. The number of carbonyl (C=O) groups is 1. The predicted octanol–water partition coefficient (Wildman–Crippen LogP) is 6.11. The van der Waals surface area contributed by atoms with Gasteiger partial charge in [-0.2, -0.15) is 0 Å². The largest absolute Gasteiger partial charge is 0.449 e. The first-order chi connectivity index (χ1) is 11.2. The highest BCUT2D eigenvalue weighted by Crippen LogP contribution is 2.35. The fraction of sp³-hybridized carbons (Fsp3) is 0.650. The van der Waals surface area contributed by atoms with Gasteiger partial charge in [-0.1, -0.05) is 51.7 Å². The number of hydrogen-bond donors (Lipinski definition) is 1. The Labute approximate surface area is 140 Å². The molecule has 2 unspecified atom stereocenters. The van der Waals surface area contributed by atoms with Crippen LogP contribution >= 0.6 is 0 Å². The van der Waals surface area contributed by atoms with Crippen LogP contribution in [0.1, 0.15) is 76.7 Å². The van der Waals surface area contributed by atoms with Gasteiger partial charge in [0.05, 0.1) is 6.61 Å². The lowest BCUT2D eigenvalue weighted by atomic mass is 9.91. The van der Waals surface area contributed by atoms with Gasteiger partial charge in [0.25, 0.3) is 0 Å². The molecule has 2 atom stereocenters. The van der Waals surface area contributed by atoms with Gasteiger partial charge in [0.2, 0.25) is 0 Å². The standard InChI is InChI=1S/C20H31NO2/c1-3-5-15-23-20(22)21-19-13-11-18(12-14-19)17-8-6-7-16(4-2)9-10-17/h11-14,16-17H,3-10,15H2,1-2H3,(H,21,22). The summed E-state index contributed by atoms with van der Waals surface area (Å²) in [5.41, 5.74) is 2.22. The second kappa shape index (κ2) is 9.59. The molecule has 1 aliphatic rings. The molecule has 1 N–H and O–H groups in total. The van der Waals surface area contributed by atoms with E-state index in [0.29, 0.717) is 12.5 Å². The van der Waals surface area contributed by atoms with E-state index < -0.39 is 0 Å². The molecule has 2 rings (SSSR count). The average Bonchev–Trinajstić information content (AvgIpc) is 2.81. The molecule has 1 fully saturated rings. The molecule has 1 saturated carbocycles. The van der Waals surface area contributed by atoms with Gasteiger partial charge in [-0.3, -0.25) is 5.32 Å². The van der Waals surface area contributed by atoms with Crippen LogP contribution in [0, 0.1) is 5.92 Å². The number of rotatable bonds is 6. The number of carbonyl (C=O) groups excluding carboxylic acids is 1. The fourth-order valence-electron chi connectivity index (χ4n) is 3.42. The van der Waals surface area contributed by atoms with E-state index in [-0.39, 0.29) is 6.09 Å². The maximum absolute atomic E-state index is 11.7. The van der Waals surface area contributed by atoms with Crippen LogP contribution in [-0.2, 0) is 4.74 Å².